The van der Waals surface area contributed by atoms with Crippen molar-refractivity contribution in [3.8, 4) is 0 Å². The zero-order valence-corrected chi connectivity index (χ0v) is 24.2. The highest BCUT2D eigenvalue weighted by molar-refractivity contribution is 7.92. The second kappa shape index (κ2) is 11.0. The molecule has 2 aromatic rings. The van der Waals surface area contributed by atoms with E-state index in [9.17, 15) is 23.1 Å². The van der Waals surface area contributed by atoms with Crippen molar-refractivity contribution in [2.24, 2.45) is 5.41 Å². The Morgan fingerprint density at radius 3 is 2.24 bits per heavy atom. The highest BCUT2D eigenvalue weighted by Gasteiger charge is 2.53. The maximum absolute atomic E-state index is 14.2. The maximum atomic E-state index is 14.2. The molecule has 0 radical (unpaired) electrons. The molecule has 0 saturated carbocycles. The number of carboxylic acid groups (broad SMARTS) is 1. The first-order chi connectivity index (χ1) is 17.1. The number of nitrogens with zero attached hydrogens (tertiary/aromatic N) is 1. The lowest BCUT2D eigenvalue weighted by atomic mass is 9.67. The predicted octanol–water partition coefficient (Wildman–Crippen LogP) is 6.52. The molecule has 2 aromatic carbocycles. The van der Waals surface area contributed by atoms with E-state index in [4.69, 9.17) is 23.2 Å². The van der Waals surface area contributed by atoms with Crippen LogP contribution in [0.25, 0.3) is 0 Å². The smallest absolute Gasteiger partial charge is 0.304 e. The van der Waals surface area contributed by atoms with Crippen molar-refractivity contribution >= 4 is 44.9 Å². The third-order valence-corrected chi connectivity index (χ3v) is 10.5. The lowest BCUT2D eigenvalue weighted by Crippen LogP contribution is -2.58. The molecule has 1 heterocycles. The zero-order chi connectivity index (χ0) is 27.8. The fraction of sp³-hybridized carbons (Fsp3) is 0.500. The van der Waals surface area contributed by atoms with E-state index in [0.717, 1.165) is 11.1 Å². The first-order valence-corrected chi connectivity index (χ1v) is 14.8. The summed E-state index contributed by atoms with van der Waals surface area (Å²) in [5.41, 5.74) is 0.419. The number of halogens is 2. The molecule has 0 bridgehead atoms. The van der Waals surface area contributed by atoms with Gasteiger partial charge in [-0.3, -0.25) is 9.59 Å². The molecule has 9 heteroatoms. The second-order valence-electron chi connectivity index (χ2n) is 11.2. The minimum atomic E-state index is -3.60. The first-order valence-electron chi connectivity index (χ1n) is 12.4. The monoisotopic (exact) mass is 567 g/mol. The molecule has 0 aliphatic carbocycles. The van der Waals surface area contributed by atoms with Gasteiger partial charge >= 0.3 is 5.97 Å². The number of hydrogen-bond acceptors (Lipinski definition) is 4. The highest BCUT2D eigenvalue weighted by atomic mass is 35.5. The number of rotatable bonds is 8. The molecule has 4 atom stereocenters. The van der Waals surface area contributed by atoms with E-state index in [1.165, 1.54) is 0 Å². The Morgan fingerprint density at radius 2 is 1.73 bits per heavy atom. The molecular weight excluding hydrogens is 533 g/mol. The van der Waals surface area contributed by atoms with Crippen molar-refractivity contribution in [3.63, 3.8) is 0 Å². The second-order valence-corrected chi connectivity index (χ2v) is 14.8. The molecule has 1 aliphatic heterocycles. The average molecular weight is 569 g/mol. The van der Waals surface area contributed by atoms with Gasteiger partial charge in [-0.25, -0.2) is 8.42 Å². The van der Waals surface area contributed by atoms with Crippen molar-refractivity contribution in [2.45, 2.75) is 76.6 Å². The van der Waals surface area contributed by atoms with Gasteiger partial charge in [0.15, 0.2) is 9.84 Å². The topological polar surface area (TPSA) is 91.8 Å². The average Bonchev–Trinajstić information content (AvgIpc) is 2.78. The van der Waals surface area contributed by atoms with E-state index in [1.54, 1.807) is 50.8 Å². The lowest BCUT2D eigenvalue weighted by molar-refractivity contribution is -0.160. The Morgan fingerprint density at radius 1 is 1.11 bits per heavy atom. The summed E-state index contributed by atoms with van der Waals surface area (Å²) >= 11 is 12.5. The Hall–Kier alpha value is -2.09. The van der Waals surface area contributed by atoms with E-state index in [2.05, 4.69) is 0 Å². The van der Waals surface area contributed by atoms with E-state index in [-0.39, 0.29) is 30.4 Å². The molecule has 1 amide bonds. The van der Waals surface area contributed by atoms with Crippen LogP contribution < -0.4 is 0 Å². The number of aliphatic carboxylic acids is 1. The summed E-state index contributed by atoms with van der Waals surface area (Å²) in [6.07, 6.45) is 0.288. The van der Waals surface area contributed by atoms with E-state index in [0.29, 0.717) is 16.5 Å². The lowest BCUT2D eigenvalue weighted by Gasteiger charge is -2.52. The van der Waals surface area contributed by atoms with Gasteiger partial charge in [-0.2, -0.15) is 0 Å². The molecule has 1 saturated heterocycles. The summed E-state index contributed by atoms with van der Waals surface area (Å²) in [6, 6.07) is 13.3. The molecule has 6 nitrogen and oxygen atoms in total. The van der Waals surface area contributed by atoms with Crippen LogP contribution in [0.3, 0.4) is 0 Å². The minimum Gasteiger partial charge on any atom is -0.481 e. The van der Waals surface area contributed by atoms with Crippen LogP contribution in [0.2, 0.25) is 10.0 Å². The third kappa shape index (κ3) is 6.32. The van der Waals surface area contributed by atoms with Gasteiger partial charge in [0, 0.05) is 22.0 Å². The number of amides is 1. The molecule has 3 rings (SSSR count). The SMILES string of the molecule is CCC(CS(=O)(=O)C(C)(C)C)N1C(=O)[C@@](C)(CC(=O)O)C[C@H](c2cccc(Cl)c2)[C@H]1c1ccc(Cl)cc1. The van der Waals surface area contributed by atoms with Crippen LogP contribution in [0, 0.1) is 5.41 Å². The number of sulfone groups is 1. The standard InChI is InChI=1S/C28H35Cl2NO5S/c1-6-22(17-37(35,36)27(2,3)4)31-25(18-10-12-20(29)13-11-18)23(19-8-7-9-21(30)14-19)15-28(5,26(31)34)16-24(32)33/h7-14,22-23,25H,6,15-17H2,1-5H3,(H,32,33)/t22?,23-,25-,28-/m1/s1. The van der Waals surface area contributed by atoms with Crippen LogP contribution in [0.4, 0.5) is 0 Å². The molecular formula is C28H35Cl2NO5S. The number of hydrogen-bond donors (Lipinski definition) is 1. The zero-order valence-electron chi connectivity index (χ0n) is 21.9. The van der Waals surface area contributed by atoms with Gasteiger partial charge < -0.3 is 10.0 Å². The predicted molar refractivity (Wildman–Crippen MR) is 148 cm³/mol. The number of benzene rings is 2. The number of piperidine rings is 1. The summed E-state index contributed by atoms with van der Waals surface area (Å²) in [7, 11) is -3.60. The normalized spacial score (nSPS) is 23.6. The van der Waals surface area contributed by atoms with Gasteiger partial charge in [0.2, 0.25) is 5.91 Å². The van der Waals surface area contributed by atoms with E-state index < -0.39 is 38.1 Å². The molecule has 1 unspecified atom stereocenters. The largest absolute Gasteiger partial charge is 0.481 e. The van der Waals surface area contributed by atoms with Crippen LogP contribution >= 0.6 is 23.2 Å². The molecule has 202 valence electrons. The minimum absolute atomic E-state index is 0.228. The number of likely N-dealkylation sites (tertiary alicyclic amines) is 1. The molecule has 0 aromatic heterocycles. The summed E-state index contributed by atoms with van der Waals surface area (Å²) < 4.78 is 25.6. The van der Waals surface area contributed by atoms with Crippen molar-refractivity contribution in [2.75, 3.05) is 5.75 Å². The Bertz CT molecular complexity index is 1260. The number of carboxylic acids is 1. The van der Waals surface area contributed by atoms with Crippen LogP contribution in [-0.4, -0.2) is 46.8 Å². The molecule has 1 N–H and O–H groups in total. The van der Waals surface area contributed by atoms with Crippen LogP contribution in [0.5, 0.6) is 0 Å². The van der Waals surface area contributed by atoms with Crippen LogP contribution in [-0.2, 0) is 19.4 Å². The van der Waals surface area contributed by atoms with Crippen molar-refractivity contribution < 1.29 is 23.1 Å². The summed E-state index contributed by atoms with van der Waals surface area (Å²) in [5, 5.41) is 10.8. The fourth-order valence-electron chi connectivity index (χ4n) is 5.18. The maximum Gasteiger partial charge on any atom is 0.304 e. The van der Waals surface area contributed by atoms with Gasteiger partial charge in [0.25, 0.3) is 0 Å². The fourth-order valence-corrected chi connectivity index (χ4v) is 6.91. The van der Waals surface area contributed by atoms with Gasteiger partial charge in [-0.15, -0.1) is 0 Å². The van der Waals surface area contributed by atoms with Gasteiger partial charge in [0.1, 0.15) is 0 Å². The molecule has 0 spiro atoms. The van der Waals surface area contributed by atoms with Crippen molar-refractivity contribution in [3.05, 3.63) is 69.7 Å². The summed E-state index contributed by atoms with van der Waals surface area (Å²) in [4.78, 5) is 27.8. The quantitative estimate of drug-likeness (QED) is 0.391. The molecule has 1 fully saturated rings. The summed E-state index contributed by atoms with van der Waals surface area (Å²) in [6.45, 7) is 8.46. The van der Waals surface area contributed by atoms with E-state index >= 15 is 0 Å². The van der Waals surface area contributed by atoms with E-state index in [1.807, 2.05) is 37.3 Å². The van der Waals surface area contributed by atoms with Gasteiger partial charge in [-0.05, 0) is 69.0 Å². The number of carbonyl (C=O) groups excluding carboxylic acids is 1. The first kappa shape index (κ1) is 29.5. The summed E-state index contributed by atoms with van der Waals surface area (Å²) in [5.74, 6) is -1.99. The molecule has 37 heavy (non-hydrogen) atoms. The number of carbonyl (C=O) groups is 2. The Labute approximate surface area is 229 Å². The van der Waals surface area contributed by atoms with Gasteiger partial charge in [-0.1, -0.05) is 61.3 Å². The van der Waals surface area contributed by atoms with Crippen molar-refractivity contribution in [1.82, 2.24) is 4.90 Å². The Kier molecular flexibility index (Phi) is 8.72. The van der Waals surface area contributed by atoms with Gasteiger partial charge in [0.05, 0.1) is 28.4 Å². The van der Waals surface area contributed by atoms with Crippen LogP contribution in [0.1, 0.15) is 77.0 Å². The third-order valence-electron chi connectivity index (χ3n) is 7.34. The Balaban J connectivity index is 2.27. The molecule has 1 aliphatic rings. The highest BCUT2D eigenvalue weighted by Crippen LogP contribution is 2.52. The van der Waals surface area contributed by atoms with Crippen LogP contribution in [0.15, 0.2) is 48.5 Å². The van der Waals surface area contributed by atoms with Crippen molar-refractivity contribution in [1.29, 1.82) is 0 Å².